The lowest BCUT2D eigenvalue weighted by Crippen LogP contribution is -2.27. The fraction of sp³-hybridized carbons (Fsp3) is 0.364. The van der Waals surface area contributed by atoms with Crippen LogP contribution in [-0.2, 0) is 4.74 Å². The number of nitrogen functional groups attached to an aromatic ring is 1. The Hall–Kier alpha value is -1.11. The summed E-state index contributed by atoms with van der Waals surface area (Å²) < 4.78 is 5.72. The summed E-state index contributed by atoms with van der Waals surface area (Å²) in [5, 5.41) is 11.2. The fourth-order valence-electron chi connectivity index (χ4n) is 1.22. The van der Waals surface area contributed by atoms with E-state index in [0.29, 0.717) is 28.9 Å². The molecule has 1 aromatic rings. The van der Waals surface area contributed by atoms with Crippen LogP contribution in [0.4, 0.5) is 5.69 Å². The SMILES string of the molecule is Nc1ccc(Br)c(C(=O)NCCOCCO)c1. The average molecular weight is 303 g/mol. The van der Waals surface area contributed by atoms with Crippen LogP contribution in [-0.4, -0.2) is 37.4 Å². The second-order valence-electron chi connectivity index (χ2n) is 3.33. The number of aliphatic hydroxyl groups excluding tert-OH is 1. The third kappa shape index (κ3) is 4.72. The maximum absolute atomic E-state index is 11.7. The highest BCUT2D eigenvalue weighted by Gasteiger charge is 2.09. The summed E-state index contributed by atoms with van der Waals surface area (Å²) in [6.07, 6.45) is 0. The molecular formula is C11H15BrN2O3. The van der Waals surface area contributed by atoms with E-state index in [0.717, 1.165) is 0 Å². The minimum absolute atomic E-state index is 0.0191. The van der Waals surface area contributed by atoms with E-state index in [4.69, 9.17) is 15.6 Å². The molecule has 1 aromatic carbocycles. The van der Waals surface area contributed by atoms with Gasteiger partial charge in [0.25, 0.3) is 5.91 Å². The Morgan fingerprint density at radius 3 is 2.94 bits per heavy atom. The molecule has 94 valence electrons. The second kappa shape index (κ2) is 7.26. The van der Waals surface area contributed by atoms with Gasteiger partial charge >= 0.3 is 0 Å². The molecule has 5 nitrogen and oxygen atoms in total. The third-order valence-electron chi connectivity index (χ3n) is 2.00. The van der Waals surface area contributed by atoms with E-state index in [1.54, 1.807) is 18.2 Å². The molecule has 0 atom stereocenters. The van der Waals surface area contributed by atoms with Crippen molar-refractivity contribution in [1.29, 1.82) is 0 Å². The minimum atomic E-state index is -0.211. The topological polar surface area (TPSA) is 84.6 Å². The number of amides is 1. The van der Waals surface area contributed by atoms with E-state index in [1.807, 2.05) is 0 Å². The molecule has 0 unspecified atom stereocenters. The van der Waals surface area contributed by atoms with Crippen LogP contribution < -0.4 is 11.1 Å². The number of hydrogen-bond acceptors (Lipinski definition) is 4. The number of nitrogens with one attached hydrogen (secondary N) is 1. The first-order valence-corrected chi connectivity index (χ1v) is 5.96. The molecule has 0 aliphatic rings. The number of aliphatic hydroxyl groups is 1. The number of carbonyl (C=O) groups is 1. The van der Waals surface area contributed by atoms with Crippen molar-refractivity contribution in [3.8, 4) is 0 Å². The molecule has 17 heavy (non-hydrogen) atoms. The number of ether oxygens (including phenoxy) is 1. The van der Waals surface area contributed by atoms with Gasteiger partial charge in [-0.1, -0.05) is 0 Å². The van der Waals surface area contributed by atoms with Crippen molar-refractivity contribution in [2.45, 2.75) is 0 Å². The van der Waals surface area contributed by atoms with Crippen molar-refractivity contribution in [1.82, 2.24) is 5.32 Å². The van der Waals surface area contributed by atoms with Crippen molar-refractivity contribution < 1.29 is 14.6 Å². The zero-order chi connectivity index (χ0) is 12.7. The summed E-state index contributed by atoms with van der Waals surface area (Å²) in [5.41, 5.74) is 6.64. The van der Waals surface area contributed by atoms with Crippen LogP contribution in [0.5, 0.6) is 0 Å². The van der Waals surface area contributed by atoms with E-state index in [-0.39, 0.29) is 19.1 Å². The van der Waals surface area contributed by atoms with Gasteiger partial charge in [0.1, 0.15) is 0 Å². The number of benzene rings is 1. The van der Waals surface area contributed by atoms with Gasteiger partial charge in [-0.05, 0) is 34.1 Å². The van der Waals surface area contributed by atoms with Crippen molar-refractivity contribution in [2.75, 3.05) is 32.1 Å². The highest BCUT2D eigenvalue weighted by atomic mass is 79.9. The normalized spacial score (nSPS) is 10.2. The number of anilines is 1. The van der Waals surface area contributed by atoms with Gasteiger partial charge in [0.05, 0.1) is 25.4 Å². The van der Waals surface area contributed by atoms with E-state index >= 15 is 0 Å². The van der Waals surface area contributed by atoms with Gasteiger partial charge in [-0.25, -0.2) is 0 Å². The van der Waals surface area contributed by atoms with Crippen LogP contribution in [0.2, 0.25) is 0 Å². The van der Waals surface area contributed by atoms with Crippen LogP contribution >= 0.6 is 15.9 Å². The zero-order valence-electron chi connectivity index (χ0n) is 9.28. The summed E-state index contributed by atoms with van der Waals surface area (Å²) >= 11 is 3.28. The first-order chi connectivity index (χ1) is 8.15. The number of halogens is 1. The third-order valence-corrected chi connectivity index (χ3v) is 2.69. The van der Waals surface area contributed by atoms with Crippen LogP contribution in [0.3, 0.4) is 0 Å². The molecule has 0 saturated carbocycles. The molecule has 0 radical (unpaired) electrons. The summed E-state index contributed by atoms with van der Waals surface area (Å²) in [6.45, 7) is 1.01. The summed E-state index contributed by atoms with van der Waals surface area (Å²) in [5.74, 6) is -0.211. The molecule has 1 amide bonds. The van der Waals surface area contributed by atoms with Gasteiger partial charge < -0.3 is 20.9 Å². The van der Waals surface area contributed by atoms with Crippen LogP contribution in [0.25, 0.3) is 0 Å². The summed E-state index contributed by atoms with van der Waals surface area (Å²) in [4.78, 5) is 11.7. The Balaban J connectivity index is 2.44. The van der Waals surface area contributed by atoms with E-state index in [2.05, 4.69) is 21.2 Å². The van der Waals surface area contributed by atoms with Crippen LogP contribution in [0.15, 0.2) is 22.7 Å². The highest BCUT2D eigenvalue weighted by Crippen LogP contribution is 2.19. The Kier molecular flexibility index (Phi) is 5.96. The van der Waals surface area contributed by atoms with Crippen molar-refractivity contribution in [3.05, 3.63) is 28.2 Å². The lowest BCUT2D eigenvalue weighted by molar-refractivity contribution is 0.0837. The minimum Gasteiger partial charge on any atom is -0.399 e. The van der Waals surface area contributed by atoms with Gasteiger partial charge in [-0.15, -0.1) is 0 Å². The Labute approximate surface area is 108 Å². The smallest absolute Gasteiger partial charge is 0.252 e. The molecule has 6 heteroatoms. The standard InChI is InChI=1S/C11H15BrN2O3/c12-10-2-1-8(13)7-9(10)11(16)14-3-5-17-6-4-15/h1-2,7,15H,3-6,13H2,(H,14,16). The number of rotatable bonds is 6. The molecule has 4 N–H and O–H groups in total. The highest BCUT2D eigenvalue weighted by molar-refractivity contribution is 9.10. The predicted octanol–water partition coefficient (Wildman–Crippen LogP) is 0.770. The second-order valence-corrected chi connectivity index (χ2v) is 4.19. The average Bonchev–Trinajstić information content (AvgIpc) is 2.32. The van der Waals surface area contributed by atoms with Crippen molar-refractivity contribution >= 4 is 27.5 Å². The lowest BCUT2D eigenvalue weighted by Gasteiger charge is -2.07. The van der Waals surface area contributed by atoms with Gasteiger partial charge in [-0.3, -0.25) is 4.79 Å². The lowest BCUT2D eigenvalue weighted by atomic mass is 10.2. The number of hydrogen-bond donors (Lipinski definition) is 3. The van der Waals surface area contributed by atoms with Crippen molar-refractivity contribution in [2.24, 2.45) is 0 Å². The molecular weight excluding hydrogens is 288 g/mol. The van der Waals surface area contributed by atoms with Gasteiger partial charge in [0.2, 0.25) is 0 Å². The van der Waals surface area contributed by atoms with E-state index in [1.165, 1.54) is 0 Å². The maximum Gasteiger partial charge on any atom is 0.252 e. The predicted molar refractivity (Wildman–Crippen MR) is 68.8 cm³/mol. The Morgan fingerprint density at radius 2 is 2.24 bits per heavy atom. The van der Waals surface area contributed by atoms with Gasteiger partial charge in [-0.2, -0.15) is 0 Å². The van der Waals surface area contributed by atoms with Crippen LogP contribution in [0, 0.1) is 0 Å². The fourth-order valence-corrected chi connectivity index (χ4v) is 1.64. The monoisotopic (exact) mass is 302 g/mol. The van der Waals surface area contributed by atoms with Gasteiger partial charge in [0.15, 0.2) is 0 Å². The molecule has 0 fully saturated rings. The Morgan fingerprint density at radius 1 is 1.47 bits per heavy atom. The van der Waals surface area contributed by atoms with E-state index in [9.17, 15) is 4.79 Å². The maximum atomic E-state index is 11.7. The largest absolute Gasteiger partial charge is 0.399 e. The molecule has 0 aliphatic heterocycles. The molecule has 1 rings (SSSR count). The summed E-state index contributed by atoms with van der Waals surface area (Å²) in [7, 11) is 0. The molecule has 0 bridgehead atoms. The molecule has 0 aromatic heterocycles. The van der Waals surface area contributed by atoms with Crippen LogP contribution in [0.1, 0.15) is 10.4 Å². The molecule has 0 heterocycles. The number of nitrogens with two attached hydrogens (primary N) is 1. The molecule has 0 aliphatic carbocycles. The van der Waals surface area contributed by atoms with E-state index < -0.39 is 0 Å². The quantitative estimate of drug-likeness (QED) is 0.535. The molecule has 0 saturated heterocycles. The Bertz CT molecular complexity index is 385. The first-order valence-electron chi connectivity index (χ1n) is 5.17. The van der Waals surface area contributed by atoms with Gasteiger partial charge in [0, 0.05) is 16.7 Å². The number of carbonyl (C=O) groups excluding carboxylic acids is 1. The first kappa shape index (κ1) is 14.0. The zero-order valence-corrected chi connectivity index (χ0v) is 10.9. The van der Waals surface area contributed by atoms with Crippen molar-refractivity contribution in [3.63, 3.8) is 0 Å². The molecule has 0 spiro atoms. The summed E-state index contributed by atoms with van der Waals surface area (Å²) in [6, 6.07) is 5.05.